The average molecular weight is 314 g/mol. The van der Waals surface area contributed by atoms with Gasteiger partial charge in [-0.15, -0.1) is 4.67 Å². The van der Waals surface area contributed by atoms with Crippen LogP contribution < -0.4 is 11.5 Å². The molecule has 2 aromatic heterocycles. The lowest BCUT2D eigenvalue weighted by molar-refractivity contribution is -0.204. The Kier molecular flexibility index (Phi) is 4.24. The maximum atomic E-state index is 10.9. The quantitative estimate of drug-likeness (QED) is 0.296. The Morgan fingerprint density at radius 3 is 2.90 bits per heavy atom. The highest BCUT2D eigenvalue weighted by molar-refractivity contribution is 7.51. The monoisotopic (exact) mass is 314 g/mol. The topological polar surface area (TPSA) is 151 Å². The first kappa shape index (κ1) is 15.4. The van der Waals surface area contributed by atoms with Crippen LogP contribution in [0.25, 0.3) is 11.2 Å². The number of anilines is 2. The molecule has 0 aliphatic carbocycles. The van der Waals surface area contributed by atoms with E-state index in [1.807, 2.05) is 0 Å². The van der Waals surface area contributed by atoms with E-state index >= 15 is 0 Å². The van der Waals surface area contributed by atoms with Crippen LogP contribution in [0.4, 0.5) is 11.8 Å². The fraction of sp³-hybridized carbons (Fsp3) is 0.300. The van der Waals surface area contributed by atoms with Gasteiger partial charge in [-0.3, -0.25) is 4.57 Å². The van der Waals surface area contributed by atoms with Crippen molar-refractivity contribution in [2.24, 2.45) is 0 Å². The molecule has 11 heteroatoms. The number of imidazole rings is 1. The van der Waals surface area contributed by atoms with E-state index in [0.717, 1.165) is 6.66 Å². The van der Waals surface area contributed by atoms with Gasteiger partial charge in [0.2, 0.25) is 5.95 Å². The van der Waals surface area contributed by atoms with Gasteiger partial charge in [0, 0.05) is 13.2 Å². The van der Waals surface area contributed by atoms with Crippen molar-refractivity contribution in [1.29, 1.82) is 0 Å². The third kappa shape index (κ3) is 3.99. The minimum atomic E-state index is -3.68. The van der Waals surface area contributed by atoms with Crippen molar-refractivity contribution in [3.8, 4) is 0 Å². The number of fused-ring (bicyclic) bond motifs is 1. The number of nitrogen functional groups attached to an aromatic ring is 2. The van der Waals surface area contributed by atoms with Crippen molar-refractivity contribution in [2.45, 2.75) is 6.54 Å². The number of nitrogens with zero attached hydrogens (tertiary/aromatic N) is 4. The molecule has 1 unspecified atom stereocenters. The van der Waals surface area contributed by atoms with Crippen molar-refractivity contribution < 1.29 is 19.0 Å². The van der Waals surface area contributed by atoms with Crippen LogP contribution in [0, 0.1) is 0 Å². The van der Waals surface area contributed by atoms with Gasteiger partial charge in [-0.1, -0.05) is 6.58 Å². The molecule has 114 valence electrons. The molecule has 10 nitrogen and oxygen atoms in total. The first-order valence-electron chi connectivity index (χ1n) is 5.78. The normalized spacial score (nSPS) is 14.2. The fourth-order valence-corrected chi connectivity index (χ4v) is 1.84. The van der Waals surface area contributed by atoms with Crippen LogP contribution in [0.5, 0.6) is 0 Å². The molecular formula is C10H15N6O4P. The van der Waals surface area contributed by atoms with E-state index in [1.54, 1.807) is 4.57 Å². The third-order valence-corrected chi connectivity index (χ3v) is 2.74. The van der Waals surface area contributed by atoms with E-state index in [0.29, 0.717) is 23.3 Å². The molecule has 0 radical (unpaired) electrons. The van der Waals surface area contributed by atoms with Crippen molar-refractivity contribution in [1.82, 2.24) is 19.5 Å². The van der Waals surface area contributed by atoms with Gasteiger partial charge in [-0.25, -0.2) is 9.87 Å². The van der Waals surface area contributed by atoms with Gasteiger partial charge >= 0.3 is 7.60 Å². The predicted octanol–water partition coefficient (Wildman–Crippen LogP) is 0.310. The average Bonchev–Trinajstić information content (AvgIpc) is 2.71. The highest BCUT2D eigenvalue weighted by Gasteiger charge is 2.13. The molecule has 0 aromatic carbocycles. The van der Waals surface area contributed by atoms with E-state index in [-0.39, 0.29) is 18.4 Å². The lowest BCUT2D eigenvalue weighted by Crippen LogP contribution is -2.07. The predicted molar refractivity (Wildman–Crippen MR) is 76.1 cm³/mol. The highest BCUT2D eigenvalue weighted by Crippen LogP contribution is 2.36. The van der Waals surface area contributed by atoms with E-state index in [1.165, 1.54) is 6.33 Å². The first-order valence-corrected chi connectivity index (χ1v) is 7.80. The standard InChI is InChI=1S/C10H15N6O4P/c1-6(4-19-20-21(2,17)18)3-16-5-13-7-8(11)14-10(12)15-9(7)16/h5H,1,3-4H2,2H3,(H,17,18)(H4,11,12,14,15). The Hall–Kier alpha value is -2.00. The van der Waals surface area contributed by atoms with Crippen LogP contribution in [0.15, 0.2) is 18.5 Å². The summed E-state index contributed by atoms with van der Waals surface area (Å²) in [7, 11) is -3.68. The van der Waals surface area contributed by atoms with Crippen LogP contribution in [0.2, 0.25) is 0 Å². The molecule has 0 bridgehead atoms. The first-order chi connectivity index (χ1) is 9.76. The summed E-state index contributed by atoms with van der Waals surface area (Å²) in [6.45, 7) is 5.02. The lowest BCUT2D eigenvalue weighted by atomic mass is 10.3. The zero-order valence-electron chi connectivity index (χ0n) is 11.3. The summed E-state index contributed by atoms with van der Waals surface area (Å²) in [4.78, 5) is 25.5. The fourth-order valence-electron chi connectivity index (χ4n) is 1.59. The Labute approximate surface area is 119 Å². The number of rotatable bonds is 6. The summed E-state index contributed by atoms with van der Waals surface area (Å²) < 4.78 is 16.8. The number of hydrogen-bond donors (Lipinski definition) is 3. The Bertz CT molecular complexity index is 724. The summed E-state index contributed by atoms with van der Waals surface area (Å²) in [5.74, 6) is 0.229. The summed E-state index contributed by atoms with van der Waals surface area (Å²) in [5.41, 5.74) is 12.7. The van der Waals surface area contributed by atoms with E-state index in [2.05, 4.69) is 31.1 Å². The van der Waals surface area contributed by atoms with Crippen LogP contribution >= 0.6 is 7.60 Å². The lowest BCUT2D eigenvalue weighted by Gasteiger charge is -2.09. The zero-order valence-corrected chi connectivity index (χ0v) is 12.2. The SMILES string of the molecule is C=C(COOP(C)(=O)O)Cn1cnc2c(N)nc(N)nc21. The molecule has 2 heterocycles. The van der Waals surface area contributed by atoms with E-state index in [4.69, 9.17) is 16.4 Å². The van der Waals surface area contributed by atoms with E-state index in [9.17, 15) is 4.57 Å². The van der Waals surface area contributed by atoms with Crippen molar-refractivity contribution in [3.63, 3.8) is 0 Å². The number of hydrogen-bond acceptors (Lipinski definition) is 8. The minimum absolute atomic E-state index is 0.0409. The minimum Gasteiger partial charge on any atom is -0.382 e. The molecule has 0 saturated carbocycles. The summed E-state index contributed by atoms with van der Waals surface area (Å²) in [6, 6.07) is 0. The van der Waals surface area contributed by atoms with Crippen molar-refractivity contribution in [2.75, 3.05) is 24.7 Å². The second-order valence-corrected chi connectivity index (χ2v) is 6.16. The maximum absolute atomic E-state index is 10.9. The number of nitrogens with two attached hydrogens (primary N) is 2. The largest absolute Gasteiger partial charge is 0.382 e. The molecule has 0 spiro atoms. The molecule has 0 saturated heterocycles. The molecule has 1 atom stereocenters. The molecule has 0 aliphatic heterocycles. The maximum Gasteiger partial charge on any atom is 0.352 e. The Balaban J connectivity index is 2.06. The highest BCUT2D eigenvalue weighted by atomic mass is 31.2. The molecule has 0 amide bonds. The van der Waals surface area contributed by atoms with Gasteiger partial charge in [0.15, 0.2) is 11.5 Å². The molecular weight excluding hydrogens is 299 g/mol. The van der Waals surface area contributed by atoms with Crippen LogP contribution in [-0.4, -0.2) is 37.7 Å². The van der Waals surface area contributed by atoms with Gasteiger partial charge in [0.05, 0.1) is 6.33 Å². The Morgan fingerprint density at radius 1 is 1.52 bits per heavy atom. The summed E-state index contributed by atoms with van der Waals surface area (Å²) >= 11 is 0. The third-order valence-electron chi connectivity index (χ3n) is 2.36. The smallest absolute Gasteiger partial charge is 0.352 e. The van der Waals surface area contributed by atoms with Gasteiger partial charge in [-0.2, -0.15) is 9.97 Å². The second-order valence-electron chi connectivity index (χ2n) is 4.40. The van der Waals surface area contributed by atoms with Gasteiger partial charge in [0.1, 0.15) is 12.1 Å². The molecule has 2 aromatic rings. The molecule has 0 fully saturated rings. The summed E-state index contributed by atoms with van der Waals surface area (Å²) in [5, 5.41) is 0. The van der Waals surface area contributed by atoms with Crippen LogP contribution in [-0.2, 0) is 20.7 Å². The van der Waals surface area contributed by atoms with Crippen LogP contribution in [0.1, 0.15) is 0 Å². The zero-order chi connectivity index (χ0) is 15.6. The Morgan fingerprint density at radius 2 is 2.24 bits per heavy atom. The second kappa shape index (κ2) is 5.78. The van der Waals surface area contributed by atoms with Crippen LogP contribution in [0.3, 0.4) is 0 Å². The molecule has 5 N–H and O–H groups in total. The van der Waals surface area contributed by atoms with Gasteiger partial charge in [0.25, 0.3) is 0 Å². The van der Waals surface area contributed by atoms with Crippen molar-refractivity contribution >= 4 is 30.5 Å². The van der Waals surface area contributed by atoms with E-state index < -0.39 is 7.60 Å². The molecule has 0 aliphatic rings. The van der Waals surface area contributed by atoms with Crippen molar-refractivity contribution in [3.05, 3.63) is 18.5 Å². The van der Waals surface area contributed by atoms with Gasteiger partial charge < -0.3 is 20.9 Å². The molecule has 21 heavy (non-hydrogen) atoms. The molecule has 2 rings (SSSR count). The number of aromatic nitrogens is 4. The summed E-state index contributed by atoms with van der Waals surface area (Å²) in [6.07, 6.45) is 1.51. The van der Waals surface area contributed by atoms with Gasteiger partial charge in [-0.05, 0) is 5.57 Å².